The minimum absolute atomic E-state index is 0.00607. The van der Waals surface area contributed by atoms with Crippen molar-refractivity contribution in [2.24, 2.45) is 5.92 Å². The number of nitrogens with zero attached hydrogens (tertiary/aromatic N) is 7. The van der Waals surface area contributed by atoms with Crippen molar-refractivity contribution in [3.05, 3.63) is 41.0 Å². The van der Waals surface area contributed by atoms with Crippen molar-refractivity contribution in [1.29, 1.82) is 5.26 Å². The van der Waals surface area contributed by atoms with Gasteiger partial charge in [0.1, 0.15) is 41.0 Å². The molecule has 8 rings (SSSR count). The van der Waals surface area contributed by atoms with E-state index in [1.807, 2.05) is 22.9 Å². The molecule has 0 aliphatic carbocycles. The lowest BCUT2D eigenvalue weighted by Gasteiger charge is -2.37. The second-order valence-corrected chi connectivity index (χ2v) is 15.9. The Kier molecular flexibility index (Phi) is 9.08. The number of benzene rings is 2. The van der Waals surface area contributed by atoms with E-state index in [-0.39, 0.29) is 87.4 Å². The van der Waals surface area contributed by atoms with Crippen molar-refractivity contribution in [2.45, 2.75) is 56.5 Å². The van der Waals surface area contributed by atoms with Gasteiger partial charge >= 0.3 is 12.2 Å². The molecule has 10 nitrogen and oxygen atoms in total. The third kappa shape index (κ3) is 5.97. The molecule has 2 N–H and O–H groups in total. The number of nitriles is 1. The second kappa shape index (κ2) is 13.4. The van der Waals surface area contributed by atoms with Crippen molar-refractivity contribution >= 4 is 49.1 Å². The summed E-state index contributed by atoms with van der Waals surface area (Å²) in [6.45, 7) is 4.99. The first kappa shape index (κ1) is 36.6. The highest BCUT2D eigenvalue weighted by Gasteiger charge is 2.49. The summed E-state index contributed by atoms with van der Waals surface area (Å²) < 4.78 is 98.3. The Balaban J connectivity index is 1.29. The van der Waals surface area contributed by atoms with Crippen LogP contribution in [0.25, 0.3) is 32.1 Å². The largest absolute Gasteiger partial charge is 0.461 e. The lowest BCUT2D eigenvalue weighted by atomic mass is 9.92. The number of ether oxygens (including phenoxy) is 1. The zero-order chi connectivity index (χ0) is 38.3. The maximum absolute atomic E-state index is 17.3. The zero-order valence-corrected chi connectivity index (χ0v) is 30.5. The van der Waals surface area contributed by atoms with E-state index in [0.717, 1.165) is 24.6 Å². The van der Waals surface area contributed by atoms with Gasteiger partial charge in [-0.3, -0.25) is 9.69 Å². The van der Waals surface area contributed by atoms with Crippen LogP contribution in [0, 0.1) is 28.9 Å². The molecule has 4 fully saturated rings. The average Bonchev–Trinajstić information content (AvgIpc) is 3.89. The molecule has 4 aliphatic heterocycles. The average molecular weight is 773 g/mol. The summed E-state index contributed by atoms with van der Waals surface area (Å²) in [6.07, 6.45) is -3.95. The molecule has 6 heterocycles. The maximum atomic E-state index is 17.3. The number of carbonyl (C=O) groups is 1. The predicted molar refractivity (Wildman–Crippen MR) is 192 cm³/mol. The first-order valence-electron chi connectivity index (χ1n) is 18.0. The Hall–Kier alpha value is -4.40. The molecule has 0 radical (unpaired) electrons. The van der Waals surface area contributed by atoms with Gasteiger partial charge in [-0.25, -0.2) is 13.2 Å². The maximum Gasteiger partial charge on any atom is 0.417 e. The quantitative estimate of drug-likeness (QED) is 0.209. The summed E-state index contributed by atoms with van der Waals surface area (Å²) in [5.41, 5.74) is 1.95. The Bertz CT molecular complexity index is 2200. The molecule has 1 amide bonds. The monoisotopic (exact) mass is 772 g/mol. The molecule has 3 atom stereocenters. The van der Waals surface area contributed by atoms with Gasteiger partial charge in [-0.05, 0) is 57.5 Å². The molecule has 3 unspecified atom stereocenters. The Morgan fingerprint density at radius 3 is 2.67 bits per heavy atom. The molecule has 0 saturated carbocycles. The number of likely N-dealkylation sites (N-methyl/N-ethyl adjacent to an activating group) is 1. The van der Waals surface area contributed by atoms with E-state index in [4.69, 9.17) is 10.5 Å². The highest BCUT2D eigenvalue weighted by atomic mass is 32.1. The summed E-state index contributed by atoms with van der Waals surface area (Å²) in [4.78, 5) is 29.9. The smallest absolute Gasteiger partial charge is 0.417 e. The zero-order valence-electron chi connectivity index (χ0n) is 29.6. The number of aromatic nitrogens is 2. The van der Waals surface area contributed by atoms with Crippen molar-refractivity contribution in [3.8, 4) is 23.2 Å². The SMILES string of the molecule is CCN(c1nc(OCC23CCCN2CC(F)C3)nc2c(F)c(-c3ccc(F)c4sc(N)c(C#N)c34)c(C(F)(F)F)cc12)C1CCN(C(=O)C2CN(C)C2)C1. The Labute approximate surface area is 311 Å². The van der Waals surface area contributed by atoms with Crippen LogP contribution in [0.3, 0.4) is 0 Å². The van der Waals surface area contributed by atoms with E-state index in [9.17, 15) is 14.4 Å². The van der Waals surface area contributed by atoms with Gasteiger partial charge in [-0.1, -0.05) is 6.07 Å². The summed E-state index contributed by atoms with van der Waals surface area (Å²) in [6, 6.07) is 3.88. The lowest BCUT2D eigenvalue weighted by Crippen LogP contribution is -2.52. The van der Waals surface area contributed by atoms with Gasteiger partial charge in [0, 0.05) is 68.1 Å². The molecule has 286 valence electrons. The molecule has 0 bridgehead atoms. The molecule has 2 aromatic carbocycles. The number of alkyl halides is 4. The van der Waals surface area contributed by atoms with Crippen LogP contribution < -0.4 is 15.4 Å². The van der Waals surface area contributed by atoms with Gasteiger partial charge in [-0.2, -0.15) is 28.4 Å². The first-order chi connectivity index (χ1) is 25.7. The number of nitrogen functional groups attached to an aromatic ring is 1. The van der Waals surface area contributed by atoms with Crippen LogP contribution >= 0.6 is 11.3 Å². The Morgan fingerprint density at radius 2 is 1.96 bits per heavy atom. The fourth-order valence-corrected chi connectivity index (χ4v) is 9.96. The molecule has 17 heteroatoms. The van der Waals surface area contributed by atoms with Crippen molar-refractivity contribution in [2.75, 3.05) is 70.1 Å². The number of nitrogens with two attached hydrogens (primary N) is 1. The van der Waals surface area contributed by atoms with Gasteiger partial charge in [0.05, 0.1) is 27.3 Å². The molecule has 4 saturated heterocycles. The second-order valence-electron chi connectivity index (χ2n) is 14.9. The highest BCUT2D eigenvalue weighted by molar-refractivity contribution is 7.23. The van der Waals surface area contributed by atoms with Crippen LogP contribution in [-0.2, 0) is 11.0 Å². The van der Waals surface area contributed by atoms with E-state index >= 15 is 22.0 Å². The number of halogens is 6. The lowest BCUT2D eigenvalue weighted by molar-refractivity contribution is -0.139. The normalized spacial score (nSPS) is 23.6. The number of hydrogen-bond donors (Lipinski definition) is 1. The Morgan fingerprint density at radius 1 is 1.19 bits per heavy atom. The number of thiophene rings is 1. The van der Waals surface area contributed by atoms with Crippen LogP contribution in [0.1, 0.15) is 43.7 Å². The number of fused-ring (bicyclic) bond motifs is 3. The minimum atomic E-state index is -5.12. The highest BCUT2D eigenvalue weighted by Crippen LogP contribution is 2.48. The summed E-state index contributed by atoms with van der Waals surface area (Å²) in [5.74, 6) is -2.31. The first-order valence-corrected chi connectivity index (χ1v) is 18.8. The number of hydrogen-bond acceptors (Lipinski definition) is 10. The third-order valence-electron chi connectivity index (χ3n) is 11.6. The van der Waals surface area contributed by atoms with Gasteiger partial charge in [0.15, 0.2) is 5.82 Å². The fraction of sp³-hybridized carbons (Fsp3) is 0.514. The van der Waals surface area contributed by atoms with Crippen LogP contribution in [0.15, 0.2) is 18.2 Å². The van der Waals surface area contributed by atoms with Crippen LogP contribution in [0.2, 0.25) is 0 Å². The van der Waals surface area contributed by atoms with Crippen molar-refractivity contribution in [3.63, 3.8) is 0 Å². The summed E-state index contributed by atoms with van der Waals surface area (Å²) in [7, 11) is 1.93. The predicted octanol–water partition coefficient (Wildman–Crippen LogP) is 6.21. The van der Waals surface area contributed by atoms with E-state index < -0.39 is 46.2 Å². The van der Waals surface area contributed by atoms with E-state index in [2.05, 4.69) is 9.97 Å². The van der Waals surface area contributed by atoms with E-state index in [1.54, 1.807) is 16.7 Å². The molecular formula is C37H38F6N8O2S. The topological polar surface area (TPSA) is 115 Å². The van der Waals surface area contributed by atoms with Gasteiger partial charge in [0.2, 0.25) is 5.91 Å². The molecular weight excluding hydrogens is 735 g/mol. The van der Waals surface area contributed by atoms with E-state index in [1.165, 1.54) is 0 Å². The molecule has 4 aromatic rings. The van der Waals surface area contributed by atoms with Crippen molar-refractivity contribution in [1.82, 2.24) is 24.7 Å². The molecule has 0 spiro atoms. The van der Waals surface area contributed by atoms with Gasteiger partial charge in [0.25, 0.3) is 0 Å². The van der Waals surface area contributed by atoms with Crippen LogP contribution in [0.4, 0.5) is 37.2 Å². The number of likely N-dealkylation sites (tertiary alicyclic amines) is 2. The van der Waals surface area contributed by atoms with Gasteiger partial charge in [-0.15, -0.1) is 11.3 Å². The summed E-state index contributed by atoms with van der Waals surface area (Å²) >= 11 is 0.685. The molecule has 2 aromatic heterocycles. The number of rotatable bonds is 8. The molecule has 54 heavy (non-hydrogen) atoms. The fourth-order valence-electron chi connectivity index (χ4n) is 9.01. The number of carbonyl (C=O) groups excluding carboxylic acids is 1. The number of amides is 1. The standard InChI is InChI=1S/C37H38F6N8O2S/c1-3-51(21-7-10-49(17-21)34(52)19-14-48(2)15-19)33-23-11-25(37(41,42)43)28(22-5-6-26(39)31-27(22)24(13-44)32(45)54-31)29(40)30(23)46-35(47-33)53-18-36-8-4-9-50(36)16-20(38)12-36/h5-6,11,19-21H,3-4,7-10,12,14-18,45H2,1-2H3. The third-order valence-corrected chi connectivity index (χ3v) is 12.6. The summed E-state index contributed by atoms with van der Waals surface area (Å²) in [5, 5.41) is 9.29. The van der Waals surface area contributed by atoms with E-state index in [0.29, 0.717) is 56.9 Å². The number of anilines is 2. The van der Waals surface area contributed by atoms with Crippen LogP contribution in [-0.4, -0.2) is 108 Å². The van der Waals surface area contributed by atoms with Crippen molar-refractivity contribution < 1.29 is 35.9 Å². The minimum Gasteiger partial charge on any atom is -0.461 e. The molecule has 4 aliphatic rings. The van der Waals surface area contributed by atoms with Gasteiger partial charge < -0.3 is 25.2 Å². The van der Waals surface area contributed by atoms with Crippen LogP contribution in [0.5, 0.6) is 6.01 Å².